The highest BCUT2D eigenvalue weighted by Crippen LogP contribution is 2.50. The van der Waals surface area contributed by atoms with Crippen LogP contribution in [0.15, 0.2) is 42.5 Å². The number of fused-ring (bicyclic) bond motifs is 2. The smallest absolute Gasteiger partial charge is 0.256 e. The van der Waals surface area contributed by atoms with E-state index in [2.05, 4.69) is 16.6 Å². The molecule has 1 saturated heterocycles. The number of benzene rings is 2. The second-order valence-electron chi connectivity index (χ2n) is 7.18. The lowest BCUT2D eigenvalue weighted by molar-refractivity contribution is -0.532. The molecule has 0 saturated carbocycles. The van der Waals surface area contributed by atoms with Crippen LogP contribution in [0.2, 0.25) is 5.02 Å². The molecule has 7 nitrogen and oxygen atoms in total. The molecule has 2 heterocycles. The van der Waals surface area contributed by atoms with Crippen molar-refractivity contribution in [3.8, 4) is 18.1 Å². The molecule has 0 aliphatic carbocycles. The Morgan fingerprint density at radius 1 is 1.34 bits per heavy atom. The van der Waals surface area contributed by atoms with Gasteiger partial charge in [-0.3, -0.25) is 20.2 Å². The van der Waals surface area contributed by atoms with E-state index >= 15 is 0 Å². The summed E-state index contributed by atoms with van der Waals surface area (Å²) < 4.78 is 5.38. The van der Waals surface area contributed by atoms with Crippen LogP contribution in [-0.2, 0) is 10.3 Å². The van der Waals surface area contributed by atoms with Gasteiger partial charge in [-0.1, -0.05) is 41.8 Å². The Labute approximate surface area is 172 Å². The van der Waals surface area contributed by atoms with Gasteiger partial charge in [-0.15, -0.1) is 6.42 Å². The summed E-state index contributed by atoms with van der Waals surface area (Å²) in [6.07, 6.45) is 5.20. The predicted octanol–water partition coefficient (Wildman–Crippen LogP) is 2.92. The van der Waals surface area contributed by atoms with Crippen LogP contribution in [0.1, 0.15) is 24.0 Å². The molecule has 0 unspecified atom stereocenters. The molecule has 2 aliphatic heterocycles. The average Bonchev–Trinajstić information content (AvgIpc) is 3.15. The van der Waals surface area contributed by atoms with Crippen molar-refractivity contribution < 1.29 is 14.5 Å². The monoisotopic (exact) mass is 411 g/mol. The van der Waals surface area contributed by atoms with Crippen LogP contribution in [0.5, 0.6) is 5.75 Å². The number of anilines is 1. The summed E-state index contributed by atoms with van der Waals surface area (Å²) in [5.74, 6) is 1.77. The lowest BCUT2D eigenvalue weighted by Crippen LogP contribution is -2.54. The van der Waals surface area contributed by atoms with Crippen LogP contribution >= 0.6 is 11.6 Å². The van der Waals surface area contributed by atoms with Gasteiger partial charge in [-0.2, -0.15) is 0 Å². The van der Waals surface area contributed by atoms with Crippen molar-refractivity contribution in [1.82, 2.24) is 5.32 Å². The lowest BCUT2D eigenvalue weighted by Gasteiger charge is -2.25. The number of nitrogens with one attached hydrogen (secondary N) is 2. The fourth-order valence-corrected chi connectivity index (χ4v) is 4.76. The second kappa shape index (κ2) is 7.07. The number of carbonyl (C=O) groups excluding carboxylic acids is 1. The minimum absolute atomic E-state index is 0.0675. The van der Waals surface area contributed by atoms with E-state index in [9.17, 15) is 14.9 Å². The topological polar surface area (TPSA) is 93.5 Å². The molecule has 2 aliphatic rings. The van der Waals surface area contributed by atoms with Crippen LogP contribution in [0.3, 0.4) is 0 Å². The third-order valence-electron chi connectivity index (χ3n) is 5.62. The van der Waals surface area contributed by atoms with Gasteiger partial charge < -0.3 is 10.1 Å². The first-order chi connectivity index (χ1) is 13.9. The number of hydrogen-bond donors (Lipinski definition) is 2. The van der Waals surface area contributed by atoms with Crippen LogP contribution in [0.25, 0.3) is 0 Å². The van der Waals surface area contributed by atoms with E-state index in [4.69, 9.17) is 22.8 Å². The normalized spacial score (nSPS) is 27.3. The van der Waals surface area contributed by atoms with Crippen molar-refractivity contribution >= 4 is 23.2 Å². The molecular formula is C21H18ClN3O4. The van der Waals surface area contributed by atoms with Gasteiger partial charge in [0.25, 0.3) is 11.9 Å². The summed E-state index contributed by atoms with van der Waals surface area (Å²) >= 11 is 6.32. The SMILES string of the molecule is C#CCOc1ccc([C@@H]2[C@H](C)N[C@@]3(C(=O)Nc4ccccc43)[C@H]2[N+](=O)[O-])cc1Cl. The Balaban J connectivity index is 1.80. The minimum atomic E-state index is -1.45. The molecule has 1 fully saturated rings. The first-order valence-corrected chi connectivity index (χ1v) is 9.45. The van der Waals surface area contributed by atoms with Crippen molar-refractivity contribution in [3.05, 3.63) is 68.7 Å². The Bertz CT molecular complexity index is 1050. The van der Waals surface area contributed by atoms with E-state index in [1.54, 1.807) is 42.5 Å². The zero-order valence-electron chi connectivity index (χ0n) is 15.5. The Morgan fingerprint density at radius 2 is 2.10 bits per heavy atom. The molecule has 148 valence electrons. The summed E-state index contributed by atoms with van der Waals surface area (Å²) in [5, 5.41) is 18.6. The van der Waals surface area contributed by atoms with E-state index in [1.165, 1.54) is 0 Å². The molecule has 2 N–H and O–H groups in total. The highest BCUT2D eigenvalue weighted by Gasteiger charge is 2.67. The van der Waals surface area contributed by atoms with Gasteiger partial charge in [0, 0.05) is 22.2 Å². The number of nitro groups is 1. The molecule has 0 aromatic heterocycles. The van der Waals surface area contributed by atoms with E-state index < -0.39 is 23.4 Å². The fourth-order valence-electron chi connectivity index (χ4n) is 4.51. The van der Waals surface area contributed by atoms with Crippen molar-refractivity contribution in [2.75, 3.05) is 11.9 Å². The van der Waals surface area contributed by atoms with Crippen molar-refractivity contribution in [2.45, 2.75) is 30.5 Å². The van der Waals surface area contributed by atoms with E-state index in [0.29, 0.717) is 27.6 Å². The number of ether oxygens (including phenoxy) is 1. The highest BCUT2D eigenvalue weighted by atomic mass is 35.5. The number of carbonyl (C=O) groups is 1. The second-order valence-corrected chi connectivity index (χ2v) is 7.59. The Hall–Kier alpha value is -3.08. The third-order valence-corrected chi connectivity index (χ3v) is 5.91. The van der Waals surface area contributed by atoms with E-state index in [-0.39, 0.29) is 17.6 Å². The molecule has 4 atom stereocenters. The molecule has 1 amide bonds. The first-order valence-electron chi connectivity index (χ1n) is 9.08. The molecule has 0 bridgehead atoms. The number of rotatable bonds is 4. The van der Waals surface area contributed by atoms with Gasteiger partial charge in [0.1, 0.15) is 12.4 Å². The molecule has 2 aromatic carbocycles. The molecule has 1 spiro atoms. The molecule has 0 radical (unpaired) electrons. The number of halogens is 1. The highest BCUT2D eigenvalue weighted by molar-refractivity contribution is 6.32. The Morgan fingerprint density at radius 3 is 2.79 bits per heavy atom. The quantitative estimate of drug-likeness (QED) is 0.458. The van der Waals surface area contributed by atoms with Gasteiger partial charge in [0.05, 0.1) is 10.9 Å². The number of amides is 1. The summed E-state index contributed by atoms with van der Waals surface area (Å²) in [4.78, 5) is 24.9. The Kier molecular flexibility index (Phi) is 4.69. The summed E-state index contributed by atoms with van der Waals surface area (Å²) in [7, 11) is 0. The molecular weight excluding hydrogens is 394 g/mol. The van der Waals surface area contributed by atoms with Crippen LogP contribution in [0.4, 0.5) is 5.69 Å². The number of para-hydroxylation sites is 1. The zero-order chi connectivity index (χ0) is 20.8. The maximum atomic E-state index is 13.0. The van der Waals surface area contributed by atoms with Gasteiger partial charge in [0.15, 0.2) is 5.54 Å². The lowest BCUT2D eigenvalue weighted by atomic mass is 9.78. The first kappa shape index (κ1) is 19.2. The van der Waals surface area contributed by atoms with Crippen molar-refractivity contribution in [2.24, 2.45) is 0 Å². The fraction of sp³-hybridized carbons (Fsp3) is 0.286. The van der Waals surface area contributed by atoms with Gasteiger partial charge in [0.2, 0.25) is 0 Å². The maximum absolute atomic E-state index is 13.0. The summed E-state index contributed by atoms with van der Waals surface area (Å²) in [5.41, 5.74) is 0.371. The standard InChI is InChI=1S/C21H18ClN3O4/c1-3-10-29-17-9-8-13(11-15(17)22)18-12(2)24-21(19(18)25(27)28)14-6-4-5-7-16(14)23-20(21)26/h1,4-9,11-12,18-19,24H,10H2,2H3,(H,23,26)/t12-,18-,19-,21+/m0/s1. The molecule has 29 heavy (non-hydrogen) atoms. The van der Waals surface area contributed by atoms with E-state index in [1.807, 2.05) is 6.92 Å². The van der Waals surface area contributed by atoms with Crippen LogP contribution in [0, 0.1) is 22.5 Å². The largest absolute Gasteiger partial charge is 0.479 e. The van der Waals surface area contributed by atoms with Gasteiger partial charge in [-0.25, -0.2) is 0 Å². The average molecular weight is 412 g/mol. The summed E-state index contributed by atoms with van der Waals surface area (Å²) in [6, 6.07) is 10.5. The number of hydrogen-bond acceptors (Lipinski definition) is 5. The third kappa shape index (κ3) is 2.84. The van der Waals surface area contributed by atoms with E-state index in [0.717, 1.165) is 0 Å². The van der Waals surface area contributed by atoms with Crippen molar-refractivity contribution in [3.63, 3.8) is 0 Å². The number of terminal acetylenes is 1. The molecule has 2 aromatic rings. The number of nitrogens with zero attached hydrogens (tertiary/aromatic N) is 1. The van der Waals surface area contributed by atoms with Gasteiger partial charge >= 0.3 is 0 Å². The molecule has 4 rings (SSSR count). The predicted molar refractivity (Wildman–Crippen MR) is 109 cm³/mol. The van der Waals surface area contributed by atoms with Crippen molar-refractivity contribution in [1.29, 1.82) is 0 Å². The molecule has 8 heteroatoms. The van der Waals surface area contributed by atoms with Crippen LogP contribution < -0.4 is 15.4 Å². The minimum Gasteiger partial charge on any atom is -0.479 e. The van der Waals surface area contributed by atoms with Crippen LogP contribution in [-0.4, -0.2) is 29.5 Å². The van der Waals surface area contributed by atoms with Gasteiger partial charge in [-0.05, 0) is 30.7 Å². The zero-order valence-corrected chi connectivity index (χ0v) is 16.3. The summed E-state index contributed by atoms with van der Waals surface area (Å²) in [6.45, 7) is 1.90. The maximum Gasteiger partial charge on any atom is 0.256 e.